The normalized spacial score (nSPS) is 11.5. The molecule has 0 radical (unpaired) electrons. The fourth-order valence-electron chi connectivity index (χ4n) is 2.48. The summed E-state index contributed by atoms with van der Waals surface area (Å²) in [6.45, 7) is 1.65. The van der Waals surface area contributed by atoms with Crippen molar-refractivity contribution in [2.75, 3.05) is 11.4 Å². The first kappa shape index (κ1) is 20.4. The van der Waals surface area contributed by atoms with E-state index in [1.54, 1.807) is 25.1 Å². The molecule has 148 valence electrons. The molecule has 0 amide bonds. The highest BCUT2D eigenvalue weighted by Gasteiger charge is 2.31. The lowest BCUT2D eigenvalue weighted by Crippen LogP contribution is -2.31. The van der Waals surface area contributed by atoms with Gasteiger partial charge in [0.1, 0.15) is 28.6 Å². The van der Waals surface area contributed by atoms with E-state index in [9.17, 15) is 17.2 Å². The Kier molecular flexibility index (Phi) is 5.82. The number of hydrogen-bond donors (Lipinski definition) is 0. The SMILES string of the molecule is COc1ccc(CN(c2ncns2)S(=O)(=O)c2cc(Cl)c(F)cc2F)c(C)c1. The van der Waals surface area contributed by atoms with Gasteiger partial charge in [-0.25, -0.2) is 26.5 Å². The zero-order valence-electron chi connectivity index (χ0n) is 14.7. The van der Waals surface area contributed by atoms with Gasteiger partial charge >= 0.3 is 0 Å². The second kappa shape index (κ2) is 7.98. The molecule has 0 aliphatic heterocycles. The molecule has 3 rings (SSSR count). The molecule has 0 saturated carbocycles. The molecule has 0 spiro atoms. The van der Waals surface area contributed by atoms with Gasteiger partial charge in [0.2, 0.25) is 5.13 Å². The van der Waals surface area contributed by atoms with E-state index >= 15 is 0 Å². The third-order valence-electron chi connectivity index (χ3n) is 3.97. The van der Waals surface area contributed by atoms with Crippen LogP contribution in [0.2, 0.25) is 5.02 Å². The van der Waals surface area contributed by atoms with Crippen molar-refractivity contribution in [3.8, 4) is 5.75 Å². The molecule has 3 aromatic rings. The van der Waals surface area contributed by atoms with Crippen molar-refractivity contribution in [3.63, 3.8) is 0 Å². The van der Waals surface area contributed by atoms with E-state index in [-0.39, 0.29) is 11.7 Å². The third kappa shape index (κ3) is 3.94. The van der Waals surface area contributed by atoms with Crippen LogP contribution in [0.1, 0.15) is 11.1 Å². The van der Waals surface area contributed by atoms with Gasteiger partial charge in [0, 0.05) is 17.6 Å². The van der Waals surface area contributed by atoms with Gasteiger partial charge in [-0.15, -0.1) is 0 Å². The first-order valence-electron chi connectivity index (χ1n) is 7.81. The molecule has 0 aliphatic rings. The maximum absolute atomic E-state index is 14.3. The molecule has 2 aromatic carbocycles. The molecule has 0 unspecified atom stereocenters. The van der Waals surface area contributed by atoms with Gasteiger partial charge in [-0.05, 0) is 36.2 Å². The minimum Gasteiger partial charge on any atom is -0.497 e. The minimum absolute atomic E-state index is 0.0371. The van der Waals surface area contributed by atoms with Crippen molar-refractivity contribution in [1.82, 2.24) is 9.36 Å². The number of halogens is 3. The number of hydrogen-bond acceptors (Lipinski definition) is 6. The maximum Gasteiger partial charge on any atom is 0.269 e. The van der Waals surface area contributed by atoms with Crippen LogP contribution in [-0.2, 0) is 16.6 Å². The van der Waals surface area contributed by atoms with Gasteiger partial charge < -0.3 is 4.74 Å². The Morgan fingerprint density at radius 1 is 1.21 bits per heavy atom. The highest BCUT2D eigenvalue weighted by molar-refractivity contribution is 7.93. The first-order valence-corrected chi connectivity index (χ1v) is 10.4. The third-order valence-corrected chi connectivity index (χ3v) is 6.81. The molecule has 1 aromatic heterocycles. The first-order chi connectivity index (χ1) is 13.2. The van der Waals surface area contributed by atoms with Crippen LogP contribution in [0.25, 0.3) is 0 Å². The van der Waals surface area contributed by atoms with Gasteiger partial charge in [-0.1, -0.05) is 17.7 Å². The molecule has 1 heterocycles. The Morgan fingerprint density at radius 3 is 2.57 bits per heavy atom. The van der Waals surface area contributed by atoms with E-state index < -0.39 is 31.6 Å². The summed E-state index contributed by atoms with van der Waals surface area (Å²) in [7, 11) is -2.92. The van der Waals surface area contributed by atoms with Crippen LogP contribution in [0.4, 0.5) is 13.9 Å². The lowest BCUT2D eigenvalue weighted by atomic mass is 10.1. The summed E-state index contributed by atoms with van der Waals surface area (Å²) in [5.41, 5.74) is 1.41. The second-order valence-corrected chi connectivity index (χ2v) is 8.72. The fourth-order valence-corrected chi connectivity index (χ4v) is 4.91. The number of sulfonamides is 1. The van der Waals surface area contributed by atoms with Crippen LogP contribution >= 0.6 is 23.1 Å². The van der Waals surface area contributed by atoms with Crippen molar-refractivity contribution in [1.29, 1.82) is 0 Å². The Labute approximate surface area is 169 Å². The molecular weight excluding hydrogens is 432 g/mol. The number of rotatable bonds is 6. The maximum atomic E-state index is 14.3. The topological polar surface area (TPSA) is 72.4 Å². The lowest BCUT2D eigenvalue weighted by Gasteiger charge is -2.23. The number of aromatic nitrogens is 2. The van der Waals surface area contributed by atoms with Gasteiger partial charge in [-0.2, -0.15) is 4.37 Å². The summed E-state index contributed by atoms with van der Waals surface area (Å²) in [6, 6.07) is 6.31. The smallest absolute Gasteiger partial charge is 0.269 e. The number of aryl methyl sites for hydroxylation is 1. The number of methoxy groups -OCH3 is 1. The molecule has 0 atom stereocenters. The van der Waals surface area contributed by atoms with E-state index in [1.807, 2.05) is 0 Å². The van der Waals surface area contributed by atoms with Gasteiger partial charge in [-0.3, -0.25) is 0 Å². The van der Waals surface area contributed by atoms with Gasteiger partial charge in [0.15, 0.2) is 0 Å². The predicted molar refractivity (Wildman–Crippen MR) is 102 cm³/mol. The van der Waals surface area contributed by atoms with Crippen LogP contribution in [0.15, 0.2) is 41.6 Å². The summed E-state index contributed by atoms with van der Waals surface area (Å²) < 4.78 is 64.0. The highest BCUT2D eigenvalue weighted by Crippen LogP contribution is 2.31. The molecular formula is C17H14ClF2N3O3S2. The number of nitrogens with zero attached hydrogens (tertiary/aromatic N) is 3. The van der Waals surface area contributed by atoms with E-state index in [0.717, 1.165) is 27.5 Å². The molecule has 0 aliphatic carbocycles. The van der Waals surface area contributed by atoms with Crippen molar-refractivity contribution in [3.05, 3.63) is 64.4 Å². The van der Waals surface area contributed by atoms with Gasteiger partial charge in [0.25, 0.3) is 10.0 Å². The van der Waals surface area contributed by atoms with Crippen molar-refractivity contribution in [2.24, 2.45) is 0 Å². The summed E-state index contributed by atoms with van der Waals surface area (Å²) >= 11 is 6.51. The minimum atomic E-state index is -4.44. The highest BCUT2D eigenvalue weighted by atomic mass is 35.5. The van der Waals surface area contributed by atoms with Crippen LogP contribution in [0, 0.1) is 18.6 Å². The standard InChI is InChI=1S/C17H14ClF2N3O3S2/c1-10-5-12(26-2)4-3-11(10)8-23(17-21-9-22-27-17)28(24,25)16-6-13(18)14(19)7-15(16)20/h3-7,9H,8H2,1-2H3. The van der Waals surface area contributed by atoms with Crippen molar-refractivity contribution < 1.29 is 21.9 Å². The molecule has 0 saturated heterocycles. The van der Waals surface area contributed by atoms with Crippen LogP contribution in [0.5, 0.6) is 5.75 Å². The number of ether oxygens (including phenoxy) is 1. The molecule has 0 bridgehead atoms. The monoisotopic (exact) mass is 445 g/mol. The lowest BCUT2D eigenvalue weighted by molar-refractivity contribution is 0.414. The molecule has 0 fully saturated rings. The fraction of sp³-hybridized carbons (Fsp3) is 0.176. The Bertz CT molecular complexity index is 1110. The zero-order chi connectivity index (χ0) is 20.5. The summed E-state index contributed by atoms with van der Waals surface area (Å²) in [6.07, 6.45) is 1.19. The average molecular weight is 446 g/mol. The Balaban J connectivity index is 2.10. The second-order valence-electron chi connectivity index (χ2n) is 5.72. The van der Waals surface area contributed by atoms with E-state index in [0.29, 0.717) is 17.4 Å². The molecule has 6 nitrogen and oxygen atoms in total. The molecule has 11 heteroatoms. The van der Waals surface area contributed by atoms with E-state index in [2.05, 4.69) is 9.36 Å². The average Bonchev–Trinajstić information content (AvgIpc) is 3.17. The predicted octanol–water partition coefficient (Wildman–Crippen LogP) is 4.18. The Morgan fingerprint density at radius 2 is 1.96 bits per heavy atom. The quantitative estimate of drug-likeness (QED) is 0.532. The largest absolute Gasteiger partial charge is 0.497 e. The summed E-state index contributed by atoms with van der Waals surface area (Å²) in [4.78, 5) is 3.19. The van der Waals surface area contributed by atoms with Crippen LogP contribution < -0.4 is 9.04 Å². The van der Waals surface area contributed by atoms with E-state index in [1.165, 1.54) is 13.4 Å². The Hall–Kier alpha value is -2.30. The van der Waals surface area contributed by atoms with E-state index in [4.69, 9.17) is 16.3 Å². The summed E-state index contributed by atoms with van der Waals surface area (Å²) in [5.74, 6) is -1.68. The summed E-state index contributed by atoms with van der Waals surface area (Å²) in [5, 5.41) is -0.465. The molecule has 28 heavy (non-hydrogen) atoms. The van der Waals surface area contributed by atoms with Crippen molar-refractivity contribution in [2.45, 2.75) is 18.4 Å². The van der Waals surface area contributed by atoms with Crippen molar-refractivity contribution >= 4 is 38.3 Å². The zero-order valence-corrected chi connectivity index (χ0v) is 17.1. The van der Waals surface area contributed by atoms with Gasteiger partial charge in [0.05, 0.1) is 18.7 Å². The van der Waals surface area contributed by atoms with Crippen LogP contribution in [0.3, 0.4) is 0 Å². The number of anilines is 1. The van der Waals surface area contributed by atoms with Crippen LogP contribution in [-0.4, -0.2) is 24.9 Å². The number of benzene rings is 2. The molecule has 0 N–H and O–H groups in total.